The van der Waals surface area contributed by atoms with Crippen LogP contribution in [0.3, 0.4) is 0 Å². The summed E-state index contributed by atoms with van der Waals surface area (Å²) in [5, 5.41) is 2.63. The van der Waals surface area contributed by atoms with Crippen molar-refractivity contribution in [2.75, 3.05) is 11.1 Å². The number of halogens is 3. The molecule has 0 aliphatic carbocycles. The zero-order valence-corrected chi connectivity index (χ0v) is 9.58. The summed E-state index contributed by atoms with van der Waals surface area (Å²) in [5.74, 6) is -0.857. The molecule has 0 radical (unpaired) electrons. The number of anilines is 2. The molecular formula is C10H13F3N4O. The highest BCUT2D eigenvalue weighted by molar-refractivity contribution is 5.74. The Kier molecular flexibility index (Phi) is 4.00. The van der Waals surface area contributed by atoms with Crippen molar-refractivity contribution in [3.8, 4) is 0 Å². The first-order valence-corrected chi connectivity index (χ1v) is 5.08. The second-order valence-electron chi connectivity index (χ2n) is 3.88. The number of aromatic nitrogens is 1. The number of hydrogen-bond acceptors (Lipinski definition) is 4. The summed E-state index contributed by atoms with van der Waals surface area (Å²) in [6, 6.07) is 1.13. The van der Waals surface area contributed by atoms with E-state index >= 15 is 0 Å². The van der Waals surface area contributed by atoms with Gasteiger partial charge in [-0.15, -0.1) is 0 Å². The van der Waals surface area contributed by atoms with Gasteiger partial charge in [-0.2, -0.15) is 13.2 Å². The zero-order valence-electron chi connectivity index (χ0n) is 9.58. The molecule has 0 aliphatic rings. The molecule has 1 amide bonds. The first kappa shape index (κ1) is 14.1. The normalized spacial score (nSPS) is 13.1. The molecule has 0 saturated heterocycles. The average Bonchev–Trinajstić information content (AvgIpc) is 2.13. The summed E-state index contributed by atoms with van der Waals surface area (Å²) in [4.78, 5) is 14.4. The number of nitrogens with one attached hydrogen (secondary N) is 1. The Morgan fingerprint density at radius 1 is 1.50 bits per heavy atom. The summed E-state index contributed by atoms with van der Waals surface area (Å²) >= 11 is 0. The van der Waals surface area contributed by atoms with Gasteiger partial charge in [-0.25, -0.2) is 4.98 Å². The van der Waals surface area contributed by atoms with Gasteiger partial charge in [0.15, 0.2) is 0 Å². The molecule has 5 N–H and O–H groups in total. The van der Waals surface area contributed by atoms with E-state index in [1.165, 1.54) is 0 Å². The number of nitrogen functional groups attached to an aromatic ring is 1. The van der Waals surface area contributed by atoms with Crippen LogP contribution in [0.4, 0.5) is 24.8 Å². The predicted molar refractivity (Wildman–Crippen MR) is 60.5 cm³/mol. The van der Waals surface area contributed by atoms with Gasteiger partial charge in [0.25, 0.3) is 0 Å². The lowest BCUT2D eigenvalue weighted by Gasteiger charge is -2.15. The molecule has 1 aromatic heterocycles. The van der Waals surface area contributed by atoms with Crippen molar-refractivity contribution in [1.82, 2.24) is 4.98 Å². The van der Waals surface area contributed by atoms with Crippen molar-refractivity contribution in [1.29, 1.82) is 0 Å². The first-order chi connectivity index (χ1) is 8.18. The Bertz CT molecular complexity index is 447. The summed E-state index contributed by atoms with van der Waals surface area (Å²) in [6.45, 7) is 1.60. The Balaban J connectivity index is 2.90. The maximum Gasteiger partial charge on any atom is 0.416 e. The van der Waals surface area contributed by atoms with Crippen molar-refractivity contribution in [2.24, 2.45) is 5.73 Å². The molecule has 1 atom stereocenters. The van der Waals surface area contributed by atoms with Crippen LogP contribution in [0.25, 0.3) is 0 Å². The third-order valence-electron chi connectivity index (χ3n) is 2.07. The number of hydrogen-bond donors (Lipinski definition) is 3. The molecule has 0 spiro atoms. The monoisotopic (exact) mass is 262 g/mol. The van der Waals surface area contributed by atoms with E-state index in [1.807, 2.05) is 0 Å². The van der Waals surface area contributed by atoms with Crippen molar-refractivity contribution >= 4 is 17.5 Å². The minimum Gasteiger partial charge on any atom is -0.384 e. The molecule has 18 heavy (non-hydrogen) atoms. The molecule has 0 fully saturated rings. The van der Waals surface area contributed by atoms with E-state index in [1.54, 1.807) is 6.92 Å². The molecule has 5 nitrogen and oxygen atoms in total. The number of alkyl halides is 3. The highest BCUT2D eigenvalue weighted by Crippen LogP contribution is 2.31. The highest BCUT2D eigenvalue weighted by atomic mass is 19.4. The zero-order chi connectivity index (χ0) is 13.9. The molecule has 1 heterocycles. The summed E-state index contributed by atoms with van der Waals surface area (Å²) in [7, 11) is 0. The van der Waals surface area contributed by atoms with Gasteiger partial charge in [0.2, 0.25) is 5.91 Å². The molecule has 1 rings (SSSR count). The first-order valence-electron chi connectivity index (χ1n) is 5.08. The van der Waals surface area contributed by atoms with Crippen LogP contribution < -0.4 is 16.8 Å². The van der Waals surface area contributed by atoms with E-state index in [9.17, 15) is 18.0 Å². The van der Waals surface area contributed by atoms with Crippen LogP contribution in [0.5, 0.6) is 0 Å². The third kappa shape index (κ3) is 4.11. The van der Waals surface area contributed by atoms with E-state index in [4.69, 9.17) is 11.5 Å². The van der Waals surface area contributed by atoms with Crippen LogP contribution in [-0.2, 0) is 11.0 Å². The number of rotatable bonds is 4. The number of carbonyl (C=O) groups is 1. The van der Waals surface area contributed by atoms with Gasteiger partial charge in [0.1, 0.15) is 11.6 Å². The average molecular weight is 262 g/mol. The van der Waals surface area contributed by atoms with Crippen LogP contribution in [0.15, 0.2) is 12.1 Å². The maximum atomic E-state index is 12.5. The van der Waals surface area contributed by atoms with Crippen LogP contribution in [-0.4, -0.2) is 16.9 Å². The smallest absolute Gasteiger partial charge is 0.384 e. The van der Waals surface area contributed by atoms with E-state index in [0.717, 1.165) is 12.1 Å². The van der Waals surface area contributed by atoms with Crippen molar-refractivity contribution in [3.63, 3.8) is 0 Å². The maximum absolute atomic E-state index is 12.5. The minimum absolute atomic E-state index is 0.0160. The fourth-order valence-corrected chi connectivity index (χ4v) is 1.39. The number of amides is 1. The quantitative estimate of drug-likeness (QED) is 0.763. The lowest BCUT2D eigenvalue weighted by atomic mass is 10.2. The van der Waals surface area contributed by atoms with E-state index in [2.05, 4.69) is 10.3 Å². The number of carbonyl (C=O) groups excluding carboxylic acids is 1. The van der Waals surface area contributed by atoms with E-state index < -0.39 is 23.7 Å². The number of nitrogens with two attached hydrogens (primary N) is 2. The fraction of sp³-hybridized carbons (Fsp3) is 0.400. The minimum atomic E-state index is -4.50. The molecule has 0 saturated carbocycles. The SMILES string of the molecule is CC(CC(N)=O)Nc1cc(C(F)(F)F)cc(N)n1. The van der Waals surface area contributed by atoms with Crippen LogP contribution in [0.2, 0.25) is 0 Å². The van der Waals surface area contributed by atoms with Gasteiger partial charge < -0.3 is 16.8 Å². The second kappa shape index (κ2) is 5.11. The Morgan fingerprint density at radius 2 is 2.11 bits per heavy atom. The van der Waals surface area contributed by atoms with Crippen LogP contribution >= 0.6 is 0 Å². The Morgan fingerprint density at radius 3 is 2.61 bits per heavy atom. The predicted octanol–water partition coefficient (Wildman–Crippen LogP) is 1.36. The van der Waals surface area contributed by atoms with Crippen molar-refractivity contribution < 1.29 is 18.0 Å². The highest BCUT2D eigenvalue weighted by Gasteiger charge is 2.31. The van der Waals surface area contributed by atoms with E-state index in [-0.39, 0.29) is 18.1 Å². The number of nitrogens with zero attached hydrogens (tertiary/aromatic N) is 1. The summed E-state index contributed by atoms with van der Waals surface area (Å²) in [5.41, 5.74) is 9.36. The van der Waals surface area contributed by atoms with Gasteiger partial charge in [0.05, 0.1) is 5.56 Å². The molecule has 0 aromatic carbocycles. The van der Waals surface area contributed by atoms with Crippen LogP contribution in [0, 0.1) is 0 Å². The second-order valence-corrected chi connectivity index (χ2v) is 3.88. The molecule has 100 valence electrons. The summed E-state index contributed by atoms with van der Waals surface area (Å²) in [6.07, 6.45) is -4.52. The number of primary amides is 1. The van der Waals surface area contributed by atoms with Gasteiger partial charge >= 0.3 is 6.18 Å². The lowest BCUT2D eigenvalue weighted by molar-refractivity contribution is -0.137. The summed E-state index contributed by atoms with van der Waals surface area (Å²) < 4.78 is 37.5. The Labute approximate surface area is 101 Å². The molecule has 1 aromatic rings. The molecule has 1 unspecified atom stereocenters. The van der Waals surface area contributed by atoms with Gasteiger partial charge in [-0.3, -0.25) is 4.79 Å². The van der Waals surface area contributed by atoms with Gasteiger partial charge in [-0.05, 0) is 19.1 Å². The number of pyridine rings is 1. The fourth-order valence-electron chi connectivity index (χ4n) is 1.39. The van der Waals surface area contributed by atoms with Crippen LogP contribution in [0.1, 0.15) is 18.9 Å². The third-order valence-corrected chi connectivity index (χ3v) is 2.07. The largest absolute Gasteiger partial charge is 0.416 e. The van der Waals surface area contributed by atoms with Crippen molar-refractivity contribution in [3.05, 3.63) is 17.7 Å². The Hall–Kier alpha value is -1.99. The van der Waals surface area contributed by atoms with E-state index in [0.29, 0.717) is 0 Å². The van der Waals surface area contributed by atoms with Gasteiger partial charge in [0, 0.05) is 12.5 Å². The van der Waals surface area contributed by atoms with Gasteiger partial charge in [-0.1, -0.05) is 0 Å². The van der Waals surface area contributed by atoms with Crippen molar-refractivity contribution in [2.45, 2.75) is 25.6 Å². The molecular weight excluding hydrogens is 249 g/mol. The lowest BCUT2D eigenvalue weighted by Crippen LogP contribution is -2.24. The topological polar surface area (TPSA) is 94.0 Å². The molecule has 0 aliphatic heterocycles. The molecule has 0 bridgehead atoms. The standard InChI is InChI=1S/C10H13F3N4O/c1-5(2-8(15)18)16-9-4-6(10(11,12)13)3-7(14)17-9/h3-5H,2H2,1H3,(H2,15,18)(H3,14,16,17). The molecule has 8 heteroatoms.